The van der Waals surface area contributed by atoms with Crippen LogP contribution in [0.1, 0.15) is 20.8 Å². The summed E-state index contributed by atoms with van der Waals surface area (Å²) < 4.78 is 0. The average Bonchev–Trinajstić information content (AvgIpc) is 2.16. The largest absolute Gasteiger partial charge is 0.395 e. The first-order valence-corrected chi connectivity index (χ1v) is 5.70. The molecule has 1 N–H and O–H groups in total. The summed E-state index contributed by atoms with van der Waals surface area (Å²) in [7, 11) is 0. The molecular weight excluding hydrogens is 186 g/mol. The Morgan fingerprint density at radius 3 is 2.38 bits per heavy atom. The molecule has 0 aromatic carbocycles. The van der Waals surface area contributed by atoms with Gasteiger partial charge in [0.1, 0.15) is 0 Å². The van der Waals surface area contributed by atoms with Crippen LogP contribution < -0.4 is 0 Å². The zero-order chi connectivity index (χ0) is 10.3. The lowest BCUT2D eigenvalue weighted by atomic mass is 10.5. The number of carbonyl (C=O) groups is 1. The standard InChI is InChI=1S/C9H19NO2S/c1-4-10(5-2)9(12)7-13-8(3)6-11/h8,11H,4-7H2,1-3H3. The van der Waals surface area contributed by atoms with E-state index in [4.69, 9.17) is 5.11 Å². The highest BCUT2D eigenvalue weighted by molar-refractivity contribution is 8.00. The van der Waals surface area contributed by atoms with E-state index in [1.165, 1.54) is 11.8 Å². The summed E-state index contributed by atoms with van der Waals surface area (Å²) in [4.78, 5) is 13.3. The van der Waals surface area contributed by atoms with E-state index in [1.807, 2.05) is 20.8 Å². The highest BCUT2D eigenvalue weighted by Gasteiger charge is 2.10. The lowest BCUT2D eigenvalue weighted by molar-refractivity contribution is -0.127. The molecule has 0 saturated heterocycles. The molecule has 0 aromatic rings. The molecule has 0 saturated carbocycles. The van der Waals surface area contributed by atoms with Crippen molar-refractivity contribution in [3.05, 3.63) is 0 Å². The second-order valence-electron chi connectivity index (χ2n) is 2.87. The highest BCUT2D eigenvalue weighted by Crippen LogP contribution is 2.10. The summed E-state index contributed by atoms with van der Waals surface area (Å²) in [6.07, 6.45) is 0. The van der Waals surface area contributed by atoms with E-state index >= 15 is 0 Å². The van der Waals surface area contributed by atoms with E-state index in [9.17, 15) is 4.79 Å². The van der Waals surface area contributed by atoms with Crippen molar-refractivity contribution in [1.29, 1.82) is 0 Å². The van der Waals surface area contributed by atoms with Crippen molar-refractivity contribution in [1.82, 2.24) is 4.90 Å². The van der Waals surface area contributed by atoms with E-state index in [-0.39, 0.29) is 17.8 Å². The summed E-state index contributed by atoms with van der Waals surface area (Å²) in [6, 6.07) is 0. The van der Waals surface area contributed by atoms with Gasteiger partial charge in [-0.15, -0.1) is 11.8 Å². The summed E-state index contributed by atoms with van der Waals surface area (Å²) in [5, 5.41) is 8.91. The molecule has 13 heavy (non-hydrogen) atoms. The van der Waals surface area contributed by atoms with E-state index in [0.717, 1.165) is 13.1 Å². The molecule has 78 valence electrons. The zero-order valence-electron chi connectivity index (χ0n) is 8.62. The van der Waals surface area contributed by atoms with Crippen molar-refractivity contribution in [3.63, 3.8) is 0 Å². The topological polar surface area (TPSA) is 40.5 Å². The Labute approximate surface area is 84.5 Å². The van der Waals surface area contributed by atoms with Gasteiger partial charge in [0.05, 0.1) is 12.4 Å². The molecule has 0 aliphatic heterocycles. The SMILES string of the molecule is CCN(CC)C(=O)CSC(C)CO. The van der Waals surface area contributed by atoms with Gasteiger partial charge in [-0.25, -0.2) is 0 Å². The summed E-state index contributed by atoms with van der Waals surface area (Å²) >= 11 is 1.50. The quantitative estimate of drug-likeness (QED) is 0.702. The molecule has 1 amide bonds. The van der Waals surface area contributed by atoms with Crippen LogP contribution in [0.3, 0.4) is 0 Å². The van der Waals surface area contributed by atoms with Gasteiger partial charge in [-0.3, -0.25) is 4.79 Å². The highest BCUT2D eigenvalue weighted by atomic mass is 32.2. The Kier molecular flexibility index (Phi) is 7.09. The lowest BCUT2D eigenvalue weighted by Crippen LogP contribution is -2.32. The Morgan fingerprint density at radius 1 is 1.46 bits per heavy atom. The molecule has 0 aliphatic carbocycles. The van der Waals surface area contributed by atoms with Crippen LogP contribution in [0.4, 0.5) is 0 Å². The van der Waals surface area contributed by atoms with E-state index in [2.05, 4.69) is 0 Å². The third-order valence-electron chi connectivity index (χ3n) is 1.86. The number of carbonyl (C=O) groups excluding carboxylic acids is 1. The van der Waals surface area contributed by atoms with Gasteiger partial charge in [-0.1, -0.05) is 6.92 Å². The summed E-state index contributed by atoms with van der Waals surface area (Å²) in [6.45, 7) is 7.53. The first-order valence-electron chi connectivity index (χ1n) is 4.65. The molecule has 4 heteroatoms. The molecule has 0 aliphatic rings. The van der Waals surface area contributed by atoms with Gasteiger partial charge < -0.3 is 10.0 Å². The van der Waals surface area contributed by atoms with Crippen LogP contribution in [0.25, 0.3) is 0 Å². The molecular formula is C9H19NO2S. The van der Waals surface area contributed by atoms with Crippen molar-refractivity contribution in [2.45, 2.75) is 26.0 Å². The maximum absolute atomic E-state index is 11.4. The molecule has 0 fully saturated rings. The smallest absolute Gasteiger partial charge is 0.232 e. The fourth-order valence-corrected chi connectivity index (χ4v) is 1.65. The number of nitrogens with zero attached hydrogens (tertiary/aromatic N) is 1. The molecule has 0 rings (SSSR count). The predicted octanol–water partition coefficient (Wildman–Crippen LogP) is 0.969. The van der Waals surface area contributed by atoms with Crippen LogP contribution in [0.2, 0.25) is 0 Å². The normalized spacial score (nSPS) is 12.6. The van der Waals surface area contributed by atoms with Gasteiger partial charge in [0.25, 0.3) is 0 Å². The van der Waals surface area contributed by atoms with Crippen LogP contribution in [0.15, 0.2) is 0 Å². The minimum Gasteiger partial charge on any atom is -0.395 e. The minimum absolute atomic E-state index is 0.135. The van der Waals surface area contributed by atoms with Gasteiger partial charge in [0.15, 0.2) is 0 Å². The van der Waals surface area contributed by atoms with E-state index in [0.29, 0.717) is 5.75 Å². The first-order chi connectivity index (χ1) is 6.15. The van der Waals surface area contributed by atoms with E-state index in [1.54, 1.807) is 4.90 Å². The Balaban J connectivity index is 3.72. The molecule has 3 nitrogen and oxygen atoms in total. The molecule has 0 spiro atoms. The second kappa shape index (κ2) is 7.21. The van der Waals surface area contributed by atoms with Crippen LogP contribution in [-0.2, 0) is 4.79 Å². The van der Waals surface area contributed by atoms with Gasteiger partial charge in [-0.2, -0.15) is 0 Å². The summed E-state index contributed by atoms with van der Waals surface area (Å²) in [5.74, 6) is 0.638. The number of rotatable bonds is 6. The van der Waals surface area contributed by atoms with Gasteiger partial charge >= 0.3 is 0 Å². The number of aliphatic hydroxyl groups is 1. The van der Waals surface area contributed by atoms with Gasteiger partial charge in [0, 0.05) is 18.3 Å². The van der Waals surface area contributed by atoms with Crippen LogP contribution in [0.5, 0.6) is 0 Å². The number of aliphatic hydroxyl groups excluding tert-OH is 1. The fourth-order valence-electron chi connectivity index (χ4n) is 0.934. The number of hydrogen-bond acceptors (Lipinski definition) is 3. The third kappa shape index (κ3) is 5.16. The first kappa shape index (κ1) is 12.8. The Hall–Kier alpha value is -0.220. The van der Waals surface area contributed by atoms with Crippen molar-refractivity contribution < 1.29 is 9.90 Å². The second-order valence-corrected chi connectivity index (χ2v) is 4.30. The summed E-state index contributed by atoms with van der Waals surface area (Å²) in [5.41, 5.74) is 0. The van der Waals surface area contributed by atoms with Gasteiger partial charge in [0.2, 0.25) is 5.91 Å². The van der Waals surface area contributed by atoms with E-state index < -0.39 is 0 Å². The number of amides is 1. The maximum Gasteiger partial charge on any atom is 0.232 e. The third-order valence-corrected chi connectivity index (χ3v) is 3.00. The van der Waals surface area contributed by atoms with Crippen LogP contribution in [-0.4, -0.2) is 46.6 Å². The zero-order valence-corrected chi connectivity index (χ0v) is 9.43. The predicted molar refractivity (Wildman–Crippen MR) is 56.9 cm³/mol. The minimum atomic E-state index is 0.135. The molecule has 0 radical (unpaired) electrons. The van der Waals surface area contributed by atoms with Crippen LogP contribution >= 0.6 is 11.8 Å². The van der Waals surface area contributed by atoms with Crippen LogP contribution in [0, 0.1) is 0 Å². The lowest BCUT2D eigenvalue weighted by Gasteiger charge is -2.19. The molecule has 1 atom stereocenters. The average molecular weight is 205 g/mol. The number of thioether (sulfide) groups is 1. The Bertz CT molecular complexity index is 149. The molecule has 0 aromatic heterocycles. The van der Waals surface area contributed by atoms with Gasteiger partial charge in [-0.05, 0) is 13.8 Å². The molecule has 0 bridgehead atoms. The molecule has 0 heterocycles. The Morgan fingerprint density at radius 2 is 2.00 bits per heavy atom. The molecule has 1 unspecified atom stereocenters. The number of hydrogen-bond donors (Lipinski definition) is 1. The monoisotopic (exact) mass is 205 g/mol. The maximum atomic E-state index is 11.4. The fraction of sp³-hybridized carbons (Fsp3) is 0.889. The van der Waals surface area contributed by atoms with Crippen molar-refractivity contribution in [2.75, 3.05) is 25.4 Å². The van der Waals surface area contributed by atoms with Crippen molar-refractivity contribution >= 4 is 17.7 Å². The van der Waals surface area contributed by atoms with Crippen molar-refractivity contribution in [2.24, 2.45) is 0 Å². The van der Waals surface area contributed by atoms with Crippen molar-refractivity contribution in [3.8, 4) is 0 Å².